The van der Waals surface area contributed by atoms with Crippen LogP contribution in [0.3, 0.4) is 0 Å². The molecule has 0 spiro atoms. The van der Waals surface area contributed by atoms with Crippen LogP contribution in [0.2, 0.25) is 0 Å². The second-order valence-corrected chi connectivity index (χ2v) is 16.7. The molecule has 5 aliphatic rings. The lowest BCUT2D eigenvalue weighted by Gasteiger charge is -2.62. The molecule has 8 heteroatoms. The van der Waals surface area contributed by atoms with Crippen LogP contribution in [-0.2, 0) is 14.9 Å². The second kappa shape index (κ2) is 11.8. The molecule has 3 N–H and O–H groups in total. The van der Waals surface area contributed by atoms with E-state index < -0.39 is 15.9 Å². The van der Waals surface area contributed by atoms with Gasteiger partial charge in [0.15, 0.2) is 0 Å². The molecule has 0 saturated heterocycles. The molecule has 0 aromatic rings. The van der Waals surface area contributed by atoms with Crippen LogP contribution in [0.25, 0.3) is 0 Å². The quantitative estimate of drug-likeness (QED) is 0.329. The fourth-order valence-electron chi connectivity index (χ4n) is 11.0. The summed E-state index contributed by atoms with van der Waals surface area (Å²) >= 11 is 0. The molecule has 0 aliphatic heterocycles. The highest BCUT2D eigenvalue weighted by atomic mass is 32.2. The van der Waals surface area contributed by atoms with Gasteiger partial charge in [-0.05, 0) is 117 Å². The van der Waals surface area contributed by atoms with Gasteiger partial charge in [0.2, 0.25) is 5.91 Å². The average Bonchev–Trinajstić information content (AvgIpc) is 3.25. The van der Waals surface area contributed by atoms with Crippen LogP contribution < -0.4 is 0 Å². The Morgan fingerprint density at radius 3 is 2.30 bits per heavy atom. The van der Waals surface area contributed by atoms with E-state index in [9.17, 15) is 28.0 Å². The third-order valence-electron chi connectivity index (χ3n) is 13.2. The van der Waals surface area contributed by atoms with Crippen LogP contribution in [0, 0.1) is 46.3 Å². The number of carbonyl (C=O) groups excluding carboxylic acids is 1. The van der Waals surface area contributed by atoms with E-state index in [4.69, 9.17) is 0 Å². The molecule has 5 rings (SSSR count). The van der Waals surface area contributed by atoms with Crippen molar-refractivity contribution in [2.75, 3.05) is 12.3 Å². The second-order valence-electron chi connectivity index (χ2n) is 15.1. The molecule has 40 heavy (non-hydrogen) atoms. The van der Waals surface area contributed by atoms with Crippen LogP contribution in [0.4, 0.5) is 0 Å². The molecule has 0 aromatic heterocycles. The van der Waals surface area contributed by atoms with E-state index in [0.29, 0.717) is 41.9 Å². The summed E-state index contributed by atoms with van der Waals surface area (Å²) < 4.78 is 32.3. The maximum atomic E-state index is 13.5. The van der Waals surface area contributed by atoms with E-state index >= 15 is 0 Å². The highest BCUT2D eigenvalue weighted by Gasteiger charge is 2.62. The Hall–Kier alpha value is -0.700. The third kappa shape index (κ3) is 5.90. The van der Waals surface area contributed by atoms with Crippen LogP contribution in [-0.4, -0.2) is 64.5 Å². The summed E-state index contributed by atoms with van der Waals surface area (Å²) in [6.07, 6.45) is 14.1. The van der Waals surface area contributed by atoms with Crippen LogP contribution >= 0.6 is 0 Å². The van der Waals surface area contributed by atoms with Gasteiger partial charge in [0.1, 0.15) is 0 Å². The normalized spacial score (nSPS) is 42.9. The first-order valence-corrected chi connectivity index (χ1v) is 18.0. The summed E-state index contributed by atoms with van der Waals surface area (Å²) in [6, 6.07) is 0.0841. The van der Waals surface area contributed by atoms with Crippen molar-refractivity contribution >= 4 is 16.0 Å². The number of nitrogens with zero attached hydrogens (tertiary/aromatic N) is 1. The highest BCUT2D eigenvalue weighted by Crippen LogP contribution is 2.68. The van der Waals surface area contributed by atoms with Crippen LogP contribution in [0.15, 0.2) is 0 Å². The molecular formula is C32H55NO6S. The van der Waals surface area contributed by atoms with Crippen molar-refractivity contribution in [2.45, 2.75) is 135 Å². The molecule has 10 atom stereocenters. The Morgan fingerprint density at radius 2 is 1.60 bits per heavy atom. The molecule has 5 fully saturated rings. The summed E-state index contributed by atoms with van der Waals surface area (Å²) in [5.74, 6) is 2.38. The van der Waals surface area contributed by atoms with E-state index in [1.165, 1.54) is 6.42 Å². The van der Waals surface area contributed by atoms with E-state index in [-0.39, 0.29) is 41.5 Å². The fourth-order valence-corrected chi connectivity index (χ4v) is 11.4. The molecular weight excluding hydrogens is 526 g/mol. The number of aliphatic hydroxyl groups excluding tert-OH is 2. The predicted molar refractivity (Wildman–Crippen MR) is 156 cm³/mol. The summed E-state index contributed by atoms with van der Waals surface area (Å²) in [5, 5.41) is 21.9. The lowest BCUT2D eigenvalue weighted by Crippen LogP contribution is -2.58. The van der Waals surface area contributed by atoms with Crippen molar-refractivity contribution in [2.24, 2.45) is 46.3 Å². The summed E-state index contributed by atoms with van der Waals surface area (Å²) in [4.78, 5) is 15.2. The zero-order chi connectivity index (χ0) is 28.9. The van der Waals surface area contributed by atoms with Gasteiger partial charge < -0.3 is 15.1 Å². The lowest BCUT2D eigenvalue weighted by molar-refractivity contribution is -0.174. The van der Waals surface area contributed by atoms with Crippen molar-refractivity contribution in [1.29, 1.82) is 0 Å². The standard InChI is InChI=1S/C32H55NO6S/c1-21(9-12-29(36)33(17-18-40(37,38)39)23-7-5-4-6-8-23)25-10-11-26-30-27(14-16-32(25,26)3)31(2)15-13-24(34)19-22(31)20-28(30)35/h21-28,30,34-35H,4-20H2,1-3H3,(H,37,38,39)/t21?,22-,24+,25?,26?,27?,28?,30?,31-,32+/m0/s1. The highest BCUT2D eigenvalue weighted by molar-refractivity contribution is 7.85. The Morgan fingerprint density at radius 1 is 0.925 bits per heavy atom. The Labute approximate surface area is 242 Å². The van der Waals surface area contributed by atoms with E-state index in [0.717, 1.165) is 83.5 Å². The molecule has 230 valence electrons. The molecule has 5 saturated carbocycles. The zero-order valence-corrected chi connectivity index (χ0v) is 26.0. The molecule has 6 unspecified atom stereocenters. The minimum absolute atomic E-state index is 0.0342. The fraction of sp³-hybridized carbons (Fsp3) is 0.969. The van der Waals surface area contributed by atoms with Gasteiger partial charge in [-0.1, -0.05) is 40.0 Å². The van der Waals surface area contributed by atoms with Crippen molar-refractivity contribution in [3.8, 4) is 0 Å². The largest absolute Gasteiger partial charge is 0.393 e. The van der Waals surface area contributed by atoms with Gasteiger partial charge in [-0.3, -0.25) is 9.35 Å². The minimum atomic E-state index is -4.11. The van der Waals surface area contributed by atoms with Crippen molar-refractivity contribution in [3.63, 3.8) is 0 Å². The first-order chi connectivity index (χ1) is 18.8. The molecule has 7 nitrogen and oxygen atoms in total. The van der Waals surface area contributed by atoms with Crippen molar-refractivity contribution in [1.82, 2.24) is 4.90 Å². The first-order valence-electron chi connectivity index (χ1n) is 16.4. The molecule has 0 aromatic carbocycles. The van der Waals surface area contributed by atoms with Gasteiger partial charge in [-0.2, -0.15) is 8.42 Å². The summed E-state index contributed by atoms with van der Waals surface area (Å²) in [6.45, 7) is 7.31. The third-order valence-corrected chi connectivity index (χ3v) is 13.9. The zero-order valence-electron chi connectivity index (χ0n) is 25.1. The number of carbonyl (C=O) groups is 1. The summed E-state index contributed by atoms with van der Waals surface area (Å²) in [7, 11) is -4.11. The maximum absolute atomic E-state index is 13.5. The summed E-state index contributed by atoms with van der Waals surface area (Å²) in [5.41, 5.74) is 0.404. The molecule has 0 heterocycles. The Balaban J connectivity index is 1.24. The van der Waals surface area contributed by atoms with E-state index in [1.54, 1.807) is 4.90 Å². The topological polar surface area (TPSA) is 115 Å². The number of amides is 1. The average molecular weight is 582 g/mol. The van der Waals surface area contributed by atoms with Gasteiger partial charge in [0.05, 0.1) is 18.0 Å². The predicted octanol–water partition coefficient (Wildman–Crippen LogP) is 5.44. The number of hydrogen-bond donors (Lipinski definition) is 3. The van der Waals surface area contributed by atoms with Crippen molar-refractivity contribution in [3.05, 3.63) is 0 Å². The lowest BCUT2D eigenvalue weighted by atomic mass is 9.43. The number of hydrogen-bond acceptors (Lipinski definition) is 5. The number of fused-ring (bicyclic) bond motifs is 5. The van der Waals surface area contributed by atoms with E-state index in [1.807, 2.05) is 0 Å². The SMILES string of the molecule is CC(CCC(=O)N(CCS(=O)(=O)O)C1CCCCC1)C1CCC2C3C(O)C[C@@H]4C[C@H](O)CC[C@]4(C)C3CC[C@]12C. The minimum Gasteiger partial charge on any atom is -0.393 e. The number of rotatable bonds is 8. The van der Waals surface area contributed by atoms with Crippen molar-refractivity contribution < 1.29 is 28.0 Å². The van der Waals surface area contributed by atoms with Gasteiger partial charge in [-0.25, -0.2) is 0 Å². The first kappa shape index (κ1) is 30.7. The molecule has 0 radical (unpaired) electrons. The molecule has 0 bridgehead atoms. The molecule has 1 amide bonds. The van der Waals surface area contributed by atoms with E-state index in [2.05, 4.69) is 20.8 Å². The van der Waals surface area contributed by atoms with Gasteiger partial charge in [0.25, 0.3) is 10.1 Å². The number of aliphatic hydroxyl groups is 2. The van der Waals surface area contributed by atoms with Crippen LogP contribution in [0.5, 0.6) is 0 Å². The van der Waals surface area contributed by atoms with Gasteiger partial charge in [-0.15, -0.1) is 0 Å². The molecule has 5 aliphatic carbocycles. The maximum Gasteiger partial charge on any atom is 0.266 e. The Kier molecular flexibility index (Phi) is 9.04. The van der Waals surface area contributed by atoms with Gasteiger partial charge in [0, 0.05) is 19.0 Å². The Bertz CT molecular complexity index is 1010. The van der Waals surface area contributed by atoms with Crippen LogP contribution in [0.1, 0.15) is 117 Å². The monoisotopic (exact) mass is 581 g/mol. The smallest absolute Gasteiger partial charge is 0.266 e. The van der Waals surface area contributed by atoms with Gasteiger partial charge >= 0.3 is 0 Å².